The van der Waals surface area contributed by atoms with Gasteiger partial charge in [-0.25, -0.2) is 19.9 Å². The molecule has 0 amide bonds. The average Bonchev–Trinajstić information content (AvgIpc) is 3.15. The highest BCUT2D eigenvalue weighted by Gasteiger charge is 2.24. The molecule has 4 rings (SSSR count). The topological polar surface area (TPSA) is 82.6 Å². The molecule has 0 spiro atoms. The van der Waals surface area contributed by atoms with Crippen molar-refractivity contribution < 1.29 is 0 Å². The van der Waals surface area contributed by atoms with Gasteiger partial charge < -0.3 is 10.3 Å². The lowest BCUT2D eigenvalue weighted by Crippen LogP contribution is -2.35. The summed E-state index contributed by atoms with van der Waals surface area (Å²) in [7, 11) is 0. The lowest BCUT2D eigenvalue weighted by molar-refractivity contribution is 0.192. The van der Waals surface area contributed by atoms with E-state index in [1.165, 1.54) is 0 Å². The van der Waals surface area contributed by atoms with Crippen LogP contribution in [-0.4, -0.2) is 42.9 Å². The van der Waals surface area contributed by atoms with Crippen LogP contribution in [0.4, 0.5) is 11.6 Å². The maximum absolute atomic E-state index is 4.77. The summed E-state index contributed by atoms with van der Waals surface area (Å²) in [5.41, 5.74) is 0.969. The molecule has 134 valence electrons. The maximum atomic E-state index is 4.77. The standard InChI is InChI=1S/C19H23N7/c1-14-11-17(24-16-6-2-3-7-20-16)25-19(23-14)15-5-4-10-26(12-15)13-18-21-8-9-22-18/h2-3,6-9,11,15H,4-5,10,12-13H2,1H3,(H,21,22)(H,20,23,24,25)/t15-/m0/s1. The highest BCUT2D eigenvalue weighted by atomic mass is 15.2. The molecule has 0 aliphatic carbocycles. The number of pyridine rings is 1. The summed E-state index contributed by atoms with van der Waals surface area (Å²) in [6, 6.07) is 7.75. The van der Waals surface area contributed by atoms with Crippen LogP contribution in [0.15, 0.2) is 42.9 Å². The van der Waals surface area contributed by atoms with Crippen molar-refractivity contribution in [2.45, 2.75) is 32.2 Å². The minimum absolute atomic E-state index is 0.336. The molecular weight excluding hydrogens is 326 g/mol. The zero-order chi connectivity index (χ0) is 17.8. The third-order valence-corrected chi connectivity index (χ3v) is 4.59. The molecule has 1 atom stereocenters. The van der Waals surface area contributed by atoms with Gasteiger partial charge in [-0.3, -0.25) is 4.90 Å². The number of hydrogen-bond acceptors (Lipinski definition) is 6. The van der Waals surface area contributed by atoms with Crippen molar-refractivity contribution in [2.24, 2.45) is 0 Å². The normalized spacial score (nSPS) is 18.0. The fourth-order valence-electron chi connectivity index (χ4n) is 3.41. The van der Waals surface area contributed by atoms with Gasteiger partial charge in [0.05, 0.1) is 6.54 Å². The monoisotopic (exact) mass is 349 g/mol. The molecule has 3 aromatic heterocycles. The van der Waals surface area contributed by atoms with Crippen LogP contribution in [-0.2, 0) is 6.54 Å². The number of anilines is 2. The van der Waals surface area contributed by atoms with Gasteiger partial charge in [-0.05, 0) is 38.4 Å². The zero-order valence-corrected chi connectivity index (χ0v) is 14.9. The van der Waals surface area contributed by atoms with Gasteiger partial charge in [0.15, 0.2) is 0 Å². The molecule has 0 unspecified atom stereocenters. The predicted molar refractivity (Wildman–Crippen MR) is 100 cm³/mol. The van der Waals surface area contributed by atoms with Gasteiger partial charge in [0.1, 0.15) is 23.3 Å². The molecule has 0 aromatic carbocycles. The van der Waals surface area contributed by atoms with Gasteiger partial charge in [0.25, 0.3) is 0 Å². The SMILES string of the molecule is Cc1cc(Nc2ccccn2)nc([C@H]2CCCN(Cc3ncc[nH]3)C2)n1. The number of piperidine rings is 1. The molecule has 4 heterocycles. The largest absolute Gasteiger partial charge is 0.348 e. The first-order valence-electron chi connectivity index (χ1n) is 9.00. The van der Waals surface area contributed by atoms with Gasteiger partial charge in [-0.2, -0.15) is 0 Å². The van der Waals surface area contributed by atoms with Crippen molar-refractivity contribution in [3.05, 3.63) is 60.2 Å². The molecule has 7 heteroatoms. The molecule has 1 fully saturated rings. The molecule has 1 aliphatic heterocycles. The Morgan fingerprint density at radius 1 is 1.19 bits per heavy atom. The summed E-state index contributed by atoms with van der Waals surface area (Å²) < 4.78 is 0. The summed E-state index contributed by atoms with van der Waals surface area (Å²) in [5, 5.41) is 3.28. The fraction of sp³-hybridized carbons (Fsp3) is 0.368. The second kappa shape index (κ2) is 7.61. The highest BCUT2D eigenvalue weighted by molar-refractivity contribution is 5.51. The van der Waals surface area contributed by atoms with E-state index in [9.17, 15) is 0 Å². The van der Waals surface area contributed by atoms with Gasteiger partial charge in [-0.1, -0.05) is 6.07 Å². The highest BCUT2D eigenvalue weighted by Crippen LogP contribution is 2.26. The van der Waals surface area contributed by atoms with Crippen LogP contribution in [0.5, 0.6) is 0 Å². The Morgan fingerprint density at radius 2 is 2.15 bits per heavy atom. The number of imidazole rings is 1. The number of likely N-dealkylation sites (tertiary alicyclic amines) is 1. The number of rotatable bonds is 5. The zero-order valence-electron chi connectivity index (χ0n) is 14.9. The number of aromatic amines is 1. The molecule has 0 saturated carbocycles. The molecular formula is C19H23N7. The molecule has 0 bridgehead atoms. The van der Waals surface area contributed by atoms with Crippen LogP contribution in [0.2, 0.25) is 0 Å². The second-order valence-corrected chi connectivity index (χ2v) is 6.70. The van der Waals surface area contributed by atoms with Crippen molar-refractivity contribution in [1.29, 1.82) is 0 Å². The van der Waals surface area contributed by atoms with Crippen molar-refractivity contribution in [1.82, 2.24) is 29.8 Å². The third-order valence-electron chi connectivity index (χ3n) is 4.59. The number of aromatic nitrogens is 5. The van der Waals surface area contributed by atoms with Crippen molar-refractivity contribution >= 4 is 11.6 Å². The first-order chi connectivity index (χ1) is 12.8. The molecule has 1 saturated heterocycles. The molecule has 1 aliphatic rings. The molecule has 7 nitrogen and oxygen atoms in total. The first kappa shape index (κ1) is 16.7. The fourth-order valence-corrected chi connectivity index (χ4v) is 3.41. The van der Waals surface area contributed by atoms with E-state index in [1.807, 2.05) is 37.4 Å². The van der Waals surface area contributed by atoms with E-state index < -0.39 is 0 Å². The molecule has 3 aromatic rings. The van der Waals surface area contributed by atoms with Gasteiger partial charge >= 0.3 is 0 Å². The minimum atomic E-state index is 0.336. The summed E-state index contributed by atoms with van der Waals surface area (Å²) in [6.07, 6.45) is 7.70. The Labute approximate surface area is 152 Å². The van der Waals surface area contributed by atoms with E-state index >= 15 is 0 Å². The van der Waals surface area contributed by atoms with E-state index in [0.29, 0.717) is 5.92 Å². The predicted octanol–water partition coefficient (Wildman–Crippen LogP) is 3.03. The Balaban J connectivity index is 1.49. The van der Waals surface area contributed by atoms with E-state index in [0.717, 1.165) is 61.5 Å². The Morgan fingerprint density at radius 3 is 2.96 bits per heavy atom. The number of aryl methyl sites for hydroxylation is 1. The Bertz CT molecular complexity index is 832. The van der Waals surface area contributed by atoms with Gasteiger partial charge in [0.2, 0.25) is 0 Å². The Hall–Kier alpha value is -2.80. The van der Waals surface area contributed by atoms with E-state index in [-0.39, 0.29) is 0 Å². The first-order valence-corrected chi connectivity index (χ1v) is 9.00. The van der Waals surface area contributed by atoms with Crippen molar-refractivity contribution in [3.8, 4) is 0 Å². The number of nitrogens with zero attached hydrogens (tertiary/aromatic N) is 5. The van der Waals surface area contributed by atoms with Crippen LogP contribution in [0.25, 0.3) is 0 Å². The number of H-pyrrole nitrogens is 1. The van der Waals surface area contributed by atoms with Gasteiger partial charge in [0, 0.05) is 42.8 Å². The number of hydrogen-bond donors (Lipinski definition) is 2. The minimum Gasteiger partial charge on any atom is -0.348 e. The lowest BCUT2D eigenvalue weighted by atomic mass is 9.97. The van der Waals surface area contributed by atoms with E-state index in [4.69, 9.17) is 9.97 Å². The second-order valence-electron chi connectivity index (χ2n) is 6.70. The third kappa shape index (κ3) is 4.05. The van der Waals surface area contributed by atoms with Gasteiger partial charge in [-0.15, -0.1) is 0 Å². The maximum Gasteiger partial charge on any atom is 0.135 e. The number of nitrogens with one attached hydrogen (secondary N) is 2. The van der Waals surface area contributed by atoms with Crippen LogP contribution >= 0.6 is 0 Å². The van der Waals surface area contributed by atoms with Crippen LogP contribution in [0, 0.1) is 6.92 Å². The van der Waals surface area contributed by atoms with Crippen LogP contribution in [0.3, 0.4) is 0 Å². The smallest absolute Gasteiger partial charge is 0.135 e. The Kier molecular flexibility index (Phi) is 4.88. The lowest BCUT2D eigenvalue weighted by Gasteiger charge is -2.31. The van der Waals surface area contributed by atoms with Crippen LogP contribution in [0.1, 0.15) is 36.1 Å². The average molecular weight is 349 g/mol. The summed E-state index contributed by atoms with van der Waals surface area (Å²) in [4.78, 5) is 23.7. The van der Waals surface area contributed by atoms with Crippen molar-refractivity contribution in [3.63, 3.8) is 0 Å². The van der Waals surface area contributed by atoms with Crippen LogP contribution < -0.4 is 5.32 Å². The molecule has 2 N–H and O–H groups in total. The summed E-state index contributed by atoms with van der Waals surface area (Å²) >= 11 is 0. The summed E-state index contributed by atoms with van der Waals surface area (Å²) in [5.74, 6) is 3.85. The summed E-state index contributed by atoms with van der Waals surface area (Å²) in [6.45, 7) is 4.89. The van der Waals surface area contributed by atoms with E-state index in [2.05, 4.69) is 25.2 Å². The quantitative estimate of drug-likeness (QED) is 0.737. The van der Waals surface area contributed by atoms with Crippen molar-refractivity contribution in [2.75, 3.05) is 18.4 Å². The molecule has 26 heavy (non-hydrogen) atoms. The van der Waals surface area contributed by atoms with E-state index in [1.54, 1.807) is 12.4 Å². The molecule has 0 radical (unpaired) electrons.